The molecule has 2 fully saturated rings. The van der Waals surface area contributed by atoms with Crippen LogP contribution in [0.1, 0.15) is 19.3 Å². The van der Waals surface area contributed by atoms with Crippen molar-refractivity contribution in [1.82, 2.24) is 10.2 Å². The molecule has 0 saturated carbocycles. The SMILES string of the molecule is C1CNC[C@H]2CCCN2C1. The van der Waals surface area contributed by atoms with Crippen LogP contribution in [0.3, 0.4) is 0 Å². The summed E-state index contributed by atoms with van der Waals surface area (Å²) in [5.41, 5.74) is 0. The summed E-state index contributed by atoms with van der Waals surface area (Å²) in [6.45, 7) is 5.15. The van der Waals surface area contributed by atoms with E-state index >= 15 is 0 Å². The first-order chi connectivity index (χ1) is 4.97. The van der Waals surface area contributed by atoms with Crippen LogP contribution in [0.4, 0.5) is 0 Å². The molecule has 1 atom stereocenters. The van der Waals surface area contributed by atoms with Crippen LogP contribution < -0.4 is 5.32 Å². The van der Waals surface area contributed by atoms with Crippen molar-refractivity contribution in [3.8, 4) is 0 Å². The molecule has 0 bridgehead atoms. The average Bonchev–Trinajstić information content (AvgIpc) is 2.28. The molecule has 0 aliphatic carbocycles. The van der Waals surface area contributed by atoms with Crippen LogP contribution in [0.15, 0.2) is 0 Å². The van der Waals surface area contributed by atoms with Crippen LogP contribution in [-0.4, -0.2) is 37.1 Å². The highest BCUT2D eigenvalue weighted by Crippen LogP contribution is 2.17. The Morgan fingerprint density at radius 2 is 2.10 bits per heavy atom. The maximum atomic E-state index is 3.48. The van der Waals surface area contributed by atoms with Crippen molar-refractivity contribution in [2.24, 2.45) is 0 Å². The zero-order valence-electron chi connectivity index (χ0n) is 6.47. The van der Waals surface area contributed by atoms with Gasteiger partial charge in [-0.05, 0) is 38.9 Å². The fourth-order valence-corrected chi connectivity index (χ4v) is 2.10. The van der Waals surface area contributed by atoms with Gasteiger partial charge in [-0.25, -0.2) is 0 Å². The van der Waals surface area contributed by atoms with E-state index in [1.165, 1.54) is 45.4 Å². The van der Waals surface area contributed by atoms with Crippen LogP contribution in [0.2, 0.25) is 0 Å². The van der Waals surface area contributed by atoms with Crippen molar-refractivity contribution in [1.29, 1.82) is 0 Å². The molecule has 58 valence electrons. The largest absolute Gasteiger partial charge is 0.315 e. The molecule has 0 aromatic heterocycles. The molecule has 0 unspecified atom stereocenters. The normalized spacial score (nSPS) is 35.4. The van der Waals surface area contributed by atoms with Gasteiger partial charge in [0.2, 0.25) is 0 Å². The lowest BCUT2D eigenvalue weighted by Crippen LogP contribution is -2.34. The monoisotopic (exact) mass is 140 g/mol. The Kier molecular flexibility index (Phi) is 1.91. The highest BCUT2D eigenvalue weighted by Gasteiger charge is 2.24. The minimum Gasteiger partial charge on any atom is -0.315 e. The molecule has 2 heteroatoms. The molecule has 0 spiro atoms. The Morgan fingerprint density at radius 3 is 3.10 bits per heavy atom. The lowest BCUT2D eigenvalue weighted by Gasteiger charge is -2.20. The second-order valence-corrected chi connectivity index (χ2v) is 3.39. The van der Waals surface area contributed by atoms with Gasteiger partial charge in [0.1, 0.15) is 0 Å². The van der Waals surface area contributed by atoms with Crippen LogP contribution in [0.5, 0.6) is 0 Å². The predicted molar refractivity (Wildman–Crippen MR) is 42.1 cm³/mol. The lowest BCUT2D eigenvalue weighted by atomic mass is 10.2. The van der Waals surface area contributed by atoms with Gasteiger partial charge < -0.3 is 5.32 Å². The van der Waals surface area contributed by atoms with Crippen molar-refractivity contribution in [2.75, 3.05) is 26.2 Å². The summed E-state index contributed by atoms with van der Waals surface area (Å²) in [4.78, 5) is 2.64. The van der Waals surface area contributed by atoms with Gasteiger partial charge in [-0.2, -0.15) is 0 Å². The van der Waals surface area contributed by atoms with E-state index in [1.807, 2.05) is 0 Å². The zero-order chi connectivity index (χ0) is 6.81. The first-order valence-electron chi connectivity index (χ1n) is 4.41. The quantitative estimate of drug-likeness (QED) is 0.525. The third-order valence-electron chi connectivity index (χ3n) is 2.68. The maximum Gasteiger partial charge on any atom is 0.0221 e. The molecule has 2 heterocycles. The summed E-state index contributed by atoms with van der Waals surface area (Å²) in [5.74, 6) is 0. The summed E-state index contributed by atoms with van der Waals surface area (Å²) in [6, 6.07) is 0.877. The van der Waals surface area contributed by atoms with Gasteiger partial charge >= 0.3 is 0 Å². The zero-order valence-corrected chi connectivity index (χ0v) is 6.47. The third-order valence-corrected chi connectivity index (χ3v) is 2.68. The van der Waals surface area contributed by atoms with E-state index in [1.54, 1.807) is 0 Å². The van der Waals surface area contributed by atoms with Gasteiger partial charge in [-0.1, -0.05) is 0 Å². The summed E-state index contributed by atoms with van der Waals surface area (Å²) in [7, 11) is 0. The van der Waals surface area contributed by atoms with Crippen molar-refractivity contribution in [3.05, 3.63) is 0 Å². The van der Waals surface area contributed by atoms with Crippen LogP contribution in [-0.2, 0) is 0 Å². The summed E-state index contributed by atoms with van der Waals surface area (Å²) in [6.07, 6.45) is 4.19. The molecule has 10 heavy (non-hydrogen) atoms. The number of rotatable bonds is 0. The van der Waals surface area contributed by atoms with E-state index in [4.69, 9.17) is 0 Å². The molecule has 2 saturated heterocycles. The highest BCUT2D eigenvalue weighted by atomic mass is 15.2. The molecule has 2 nitrogen and oxygen atoms in total. The fourth-order valence-electron chi connectivity index (χ4n) is 2.10. The number of nitrogens with zero attached hydrogens (tertiary/aromatic N) is 1. The van der Waals surface area contributed by atoms with E-state index < -0.39 is 0 Å². The van der Waals surface area contributed by atoms with Crippen LogP contribution >= 0.6 is 0 Å². The molecular weight excluding hydrogens is 124 g/mol. The summed E-state index contributed by atoms with van der Waals surface area (Å²) >= 11 is 0. The van der Waals surface area contributed by atoms with Crippen molar-refractivity contribution < 1.29 is 0 Å². The molecular formula is C8H16N2. The first kappa shape index (κ1) is 6.62. The van der Waals surface area contributed by atoms with Gasteiger partial charge in [-0.15, -0.1) is 0 Å². The minimum absolute atomic E-state index is 0.877. The van der Waals surface area contributed by atoms with Gasteiger partial charge in [0, 0.05) is 12.6 Å². The number of hydrogen-bond acceptors (Lipinski definition) is 2. The minimum atomic E-state index is 0.877. The Balaban J connectivity index is 1.95. The molecule has 0 amide bonds. The topological polar surface area (TPSA) is 15.3 Å². The van der Waals surface area contributed by atoms with Crippen molar-refractivity contribution in [3.63, 3.8) is 0 Å². The number of fused-ring (bicyclic) bond motifs is 1. The Labute approximate surface area is 62.6 Å². The van der Waals surface area contributed by atoms with E-state index in [0.29, 0.717) is 0 Å². The highest BCUT2D eigenvalue weighted by molar-refractivity contribution is 4.82. The molecule has 2 aliphatic rings. The van der Waals surface area contributed by atoms with Crippen LogP contribution in [0.25, 0.3) is 0 Å². The summed E-state index contributed by atoms with van der Waals surface area (Å²) in [5, 5.41) is 3.48. The van der Waals surface area contributed by atoms with Crippen molar-refractivity contribution in [2.45, 2.75) is 25.3 Å². The van der Waals surface area contributed by atoms with E-state index in [9.17, 15) is 0 Å². The lowest BCUT2D eigenvalue weighted by molar-refractivity contribution is 0.270. The molecule has 0 aromatic rings. The number of nitrogens with one attached hydrogen (secondary N) is 1. The van der Waals surface area contributed by atoms with E-state index in [2.05, 4.69) is 10.2 Å². The van der Waals surface area contributed by atoms with Crippen LogP contribution in [0, 0.1) is 0 Å². The predicted octanol–water partition coefficient (Wildman–Crippen LogP) is 0.444. The molecule has 0 radical (unpaired) electrons. The van der Waals surface area contributed by atoms with Gasteiger partial charge in [0.05, 0.1) is 0 Å². The van der Waals surface area contributed by atoms with E-state index in [0.717, 1.165) is 6.04 Å². The Bertz CT molecular complexity index is 102. The second kappa shape index (κ2) is 2.89. The average molecular weight is 140 g/mol. The first-order valence-corrected chi connectivity index (χ1v) is 4.41. The smallest absolute Gasteiger partial charge is 0.0221 e. The Morgan fingerprint density at radius 1 is 1.20 bits per heavy atom. The third kappa shape index (κ3) is 1.18. The van der Waals surface area contributed by atoms with E-state index in [-0.39, 0.29) is 0 Å². The molecule has 2 rings (SSSR count). The Hall–Kier alpha value is -0.0800. The van der Waals surface area contributed by atoms with Gasteiger partial charge in [0.15, 0.2) is 0 Å². The van der Waals surface area contributed by atoms with Crippen molar-refractivity contribution >= 4 is 0 Å². The molecule has 2 aliphatic heterocycles. The second-order valence-electron chi connectivity index (χ2n) is 3.39. The molecule has 1 N–H and O–H groups in total. The maximum absolute atomic E-state index is 3.48. The van der Waals surface area contributed by atoms with Gasteiger partial charge in [-0.3, -0.25) is 4.90 Å². The standard InChI is InChI=1S/C8H16N2/c1-3-8-7-9-4-2-6-10(8)5-1/h8-9H,1-7H2/t8-/m1/s1. The van der Waals surface area contributed by atoms with Gasteiger partial charge in [0.25, 0.3) is 0 Å². The number of hydrogen-bond donors (Lipinski definition) is 1. The fraction of sp³-hybridized carbons (Fsp3) is 1.00. The molecule has 0 aromatic carbocycles. The summed E-state index contributed by atoms with van der Waals surface area (Å²) < 4.78 is 0.